The molecule has 0 spiro atoms. The number of hydrogen-bond acceptors (Lipinski definition) is 2. The fraction of sp³-hybridized carbons (Fsp3) is 0.909. The maximum absolute atomic E-state index is 11.2. The van der Waals surface area contributed by atoms with Gasteiger partial charge in [-0.15, -0.1) is 0 Å². The minimum Gasteiger partial charge on any atom is -0.447 e. The first-order valence-corrected chi connectivity index (χ1v) is 5.39. The molecule has 3 heteroatoms. The quantitative estimate of drug-likeness (QED) is 0.742. The molecule has 84 valence electrons. The Labute approximate surface area is 87.2 Å². The van der Waals surface area contributed by atoms with Crippen molar-refractivity contribution in [2.75, 3.05) is 0 Å². The van der Waals surface area contributed by atoms with Gasteiger partial charge in [-0.1, -0.05) is 13.8 Å². The van der Waals surface area contributed by atoms with Crippen LogP contribution in [0.15, 0.2) is 0 Å². The molecule has 1 N–H and O–H groups in total. The van der Waals surface area contributed by atoms with Crippen LogP contribution in [0.2, 0.25) is 0 Å². The number of alkyl carbamates (subject to hydrolysis) is 1. The summed E-state index contributed by atoms with van der Waals surface area (Å²) in [6, 6.07) is 0.198. The van der Waals surface area contributed by atoms with E-state index in [1.165, 1.54) is 0 Å². The Kier molecular flexibility index (Phi) is 6.34. The molecular weight excluding hydrogens is 178 g/mol. The van der Waals surface area contributed by atoms with Crippen LogP contribution in [-0.2, 0) is 4.74 Å². The largest absolute Gasteiger partial charge is 0.447 e. The molecule has 0 aromatic carbocycles. The highest BCUT2D eigenvalue weighted by Gasteiger charge is 2.09. The van der Waals surface area contributed by atoms with Crippen molar-refractivity contribution < 1.29 is 9.53 Å². The highest BCUT2D eigenvalue weighted by atomic mass is 16.6. The summed E-state index contributed by atoms with van der Waals surface area (Å²) in [5, 5.41) is 2.81. The third-order valence-electron chi connectivity index (χ3n) is 1.88. The van der Waals surface area contributed by atoms with Crippen LogP contribution < -0.4 is 5.32 Å². The summed E-state index contributed by atoms with van der Waals surface area (Å²) < 4.78 is 4.98. The predicted molar refractivity (Wildman–Crippen MR) is 58.3 cm³/mol. The van der Waals surface area contributed by atoms with Crippen molar-refractivity contribution in [3.05, 3.63) is 0 Å². The molecular formula is C11H23NO2. The number of carbonyl (C=O) groups is 1. The standard InChI is InChI=1S/C11H23NO2/c1-8(2)6-7-10(5)12-11(13)14-9(3)4/h8-10H,6-7H2,1-5H3,(H,12,13). The van der Waals surface area contributed by atoms with Crippen molar-refractivity contribution in [2.45, 2.75) is 59.6 Å². The molecule has 0 saturated heterocycles. The average molecular weight is 201 g/mol. The van der Waals surface area contributed by atoms with E-state index >= 15 is 0 Å². The summed E-state index contributed by atoms with van der Waals surface area (Å²) in [4.78, 5) is 11.2. The molecule has 0 aromatic heterocycles. The van der Waals surface area contributed by atoms with Gasteiger partial charge in [0.25, 0.3) is 0 Å². The zero-order valence-electron chi connectivity index (χ0n) is 9.96. The highest BCUT2D eigenvalue weighted by Crippen LogP contribution is 2.06. The van der Waals surface area contributed by atoms with Gasteiger partial charge in [-0.3, -0.25) is 0 Å². The Morgan fingerprint density at radius 2 is 1.71 bits per heavy atom. The second-order valence-corrected chi connectivity index (χ2v) is 4.47. The van der Waals surface area contributed by atoms with E-state index in [2.05, 4.69) is 19.2 Å². The minimum absolute atomic E-state index is 0.0488. The third-order valence-corrected chi connectivity index (χ3v) is 1.88. The molecule has 0 fully saturated rings. The zero-order chi connectivity index (χ0) is 11.1. The zero-order valence-corrected chi connectivity index (χ0v) is 9.96. The topological polar surface area (TPSA) is 38.3 Å². The number of hydrogen-bond donors (Lipinski definition) is 1. The van der Waals surface area contributed by atoms with Gasteiger partial charge in [-0.2, -0.15) is 0 Å². The molecule has 3 nitrogen and oxygen atoms in total. The van der Waals surface area contributed by atoms with E-state index < -0.39 is 0 Å². The van der Waals surface area contributed by atoms with Crippen molar-refractivity contribution in [1.82, 2.24) is 5.32 Å². The molecule has 0 aliphatic heterocycles. The molecule has 0 aromatic rings. The lowest BCUT2D eigenvalue weighted by molar-refractivity contribution is 0.112. The van der Waals surface area contributed by atoms with E-state index in [-0.39, 0.29) is 18.2 Å². The van der Waals surface area contributed by atoms with Gasteiger partial charge in [-0.25, -0.2) is 4.79 Å². The van der Waals surface area contributed by atoms with E-state index in [1.54, 1.807) is 0 Å². The van der Waals surface area contributed by atoms with Crippen LogP contribution in [0.3, 0.4) is 0 Å². The molecule has 1 unspecified atom stereocenters. The van der Waals surface area contributed by atoms with Crippen LogP contribution in [0.4, 0.5) is 4.79 Å². The van der Waals surface area contributed by atoms with Crippen LogP contribution in [0.25, 0.3) is 0 Å². The van der Waals surface area contributed by atoms with Gasteiger partial charge in [0, 0.05) is 6.04 Å². The van der Waals surface area contributed by atoms with E-state index in [4.69, 9.17) is 4.74 Å². The Morgan fingerprint density at radius 1 is 1.14 bits per heavy atom. The molecule has 0 radical (unpaired) electrons. The molecule has 0 bridgehead atoms. The van der Waals surface area contributed by atoms with Crippen LogP contribution >= 0.6 is 0 Å². The molecule has 0 rings (SSSR count). The van der Waals surface area contributed by atoms with Crippen LogP contribution in [-0.4, -0.2) is 18.2 Å². The third kappa shape index (κ3) is 7.90. The van der Waals surface area contributed by atoms with Gasteiger partial charge in [-0.05, 0) is 39.5 Å². The normalized spacial score (nSPS) is 13.1. The number of amides is 1. The fourth-order valence-electron chi connectivity index (χ4n) is 1.10. The van der Waals surface area contributed by atoms with E-state index in [9.17, 15) is 4.79 Å². The summed E-state index contributed by atoms with van der Waals surface area (Å²) in [5.74, 6) is 0.681. The Morgan fingerprint density at radius 3 is 2.14 bits per heavy atom. The molecule has 14 heavy (non-hydrogen) atoms. The lowest BCUT2D eigenvalue weighted by Gasteiger charge is -2.16. The Balaban J connectivity index is 3.60. The van der Waals surface area contributed by atoms with Crippen LogP contribution in [0.1, 0.15) is 47.5 Å². The molecule has 0 aliphatic rings. The maximum atomic E-state index is 11.2. The van der Waals surface area contributed by atoms with Gasteiger partial charge in [0.2, 0.25) is 0 Å². The maximum Gasteiger partial charge on any atom is 0.407 e. The number of ether oxygens (including phenoxy) is 1. The van der Waals surface area contributed by atoms with E-state index in [0.29, 0.717) is 5.92 Å². The first kappa shape index (κ1) is 13.3. The number of rotatable bonds is 5. The lowest BCUT2D eigenvalue weighted by atomic mass is 10.0. The first-order chi connectivity index (χ1) is 6.41. The smallest absolute Gasteiger partial charge is 0.407 e. The molecule has 1 atom stereocenters. The van der Waals surface area contributed by atoms with Crippen molar-refractivity contribution in [3.63, 3.8) is 0 Å². The Hall–Kier alpha value is -0.730. The molecule has 0 aliphatic carbocycles. The fourth-order valence-corrected chi connectivity index (χ4v) is 1.10. The van der Waals surface area contributed by atoms with Gasteiger partial charge in [0.15, 0.2) is 0 Å². The van der Waals surface area contributed by atoms with E-state index in [1.807, 2.05) is 20.8 Å². The summed E-state index contributed by atoms with van der Waals surface area (Å²) in [7, 11) is 0. The monoisotopic (exact) mass is 201 g/mol. The average Bonchev–Trinajstić information content (AvgIpc) is 1.98. The van der Waals surface area contributed by atoms with Gasteiger partial charge >= 0.3 is 6.09 Å². The lowest BCUT2D eigenvalue weighted by Crippen LogP contribution is -2.34. The van der Waals surface area contributed by atoms with Gasteiger partial charge < -0.3 is 10.1 Å². The molecule has 0 heterocycles. The van der Waals surface area contributed by atoms with Crippen molar-refractivity contribution >= 4 is 6.09 Å². The number of nitrogens with one attached hydrogen (secondary N) is 1. The second kappa shape index (κ2) is 6.68. The van der Waals surface area contributed by atoms with Gasteiger partial charge in [0.1, 0.15) is 0 Å². The summed E-state index contributed by atoms with van der Waals surface area (Å²) in [5.41, 5.74) is 0. The summed E-state index contributed by atoms with van der Waals surface area (Å²) in [6.07, 6.45) is 1.78. The highest BCUT2D eigenvalue weighted by molar-refractivity contribution is 5.67. The molecule has 1 amide bonds. The van der Waals surface area contributed by atoms with Crippen molar-refractivity contribution in [2.24, 2.45) is 5.92 Å². The Bertz CT molecular complexity index is 167. The SMILES string of the molecule is CC(C)CCC(C)NC(=O)OC(C)C. The van der Waals surface area contributed by atoms with Crippen LogP contribution in [0.5, 0.6) is 0 Å². The van der Waals surface area contributed by atoms with E-state index in [0.717, 1.165) is 12.8 Å². The second-order valence-electron chi connectivity index (χ2n) is 4.47. The first-order valence-electron chi connectivity index (χ1n) is 5.39. The van der Waals surface area contributed by atoms with Crippen molar-refractivity contribution in [1.29, 1.82) is 0 Å². The summed E-state index contributed by atoms with van der Waals surface area (Å²) >= 11 is 0. The summed E-state index contributed by atoms with van der Waals surface area (Å²) in [6.45, 7) is 10.1. The minimum atomic E-state index is -0.309. The van der Waals surface area contributed by atoms with Crippen LogP contribution in [0, 0.1) is 5.92 Å². The van der Waals surface area contributed by atoms with Gasteiger partial charge in [0.05, 0.1) is 6.10 Å². The van der Waals surface area contributed by atoms with Crippen molar-refractivity contribution in [3.8, 4) is 0 Å². The molecule has 0 saturated carbocycles. The predicted octanol–water partition coefficient (Wildman–Crippen LogP) is 2.95. The number of carbonyl (C=O) groups excluding carboxylic acids is 1.